The maximum atomic E-state index is 6.11. The van der Waals surface area contributed by atoms with Crippen LogP contribution in [0.4, 0.5) is 0 Å². The van der Waals surface area contributed by atoms with Crippen molar-refractivity contribution in [2.24, 2.45) is 5.73 Å². The zero-order valence-corrected chi connectivity index (χ0v) is 10.5. The van der Waals surface area contributed by atoms with Crippen LogP contribution in [0.3, 0.4) is 0 Å². The van der Waals surface area contributed by atoms with Gasteiger partial charge in [-0.15, -0.1) is 0 Å². The lowest BCUT2D eigenvalue weighted by molar-refractivity contribution is 0.521. The molecule has 1 heterocycles. The van der Waals surface area contributed by atoms with E-state index in [1.807, 2.05) is 6.20 Å². The second kappa shape index (κ2) is 4.94. The van der Waals surface area contributed by atoms with Crippen molar-refractivity contribution in [1.29, 1.82) is 0 Å². The van der Waals surface area contributed by atoms with Gasteiger partial charge in [-0.1, -0.05) is 30.3 Å². The highest BCUT2D eigenvalue weighted by atomic mass is 15.3. The number of rotatable bonds is 3. The maximum absolute atomic E-state index is 6.11. The van der Waals surface area contributed by atoms with Gasteiger partial charge in [0.1, 0.15) is 0 Å². The molecule has 94 valence electrons. The molecule has 2 N–H and O–H groups in total. The molecule has 18 heavy (non-hydrogen) atoms. The number of nitrogens with zero attached hydrogens (tertiary/aromatic N) is 2. The van der Waals surface area contributed by atoms with Crippen molar-refractivity contribution < 1.29 is 0 Å². The number of hydrogen-bond donors (Lipinski definition) is 1. The average molecular weight is 241 g/mol. The average Bonchev–Trinajstić information content (AvgIpc) is 2.82. The van der Waals surface area contributed by atoms with Crippen LogP contribution >= 0.6 is 0 Å². The van der Waals surface area contributed by atoms with E-state index in [9.17, 15) is 0 Å². The summed E-state index contributed by atoms with van der Waals surface area (Å²) in [5.74, 6) is 0. The van der Waals surface area contributed by atoms with E-state index in [4.69, 9.17) is 5.73 Å². The summed E-state index contributed by atoms with van der Waals surface area (Å²) in [6.45, 7) is 0.950. The van der Waals surface area contributed by atoms with Crippen LogP contribution in [0, 0.1) is 0 Å². The monoisotopic (exact) mass is 241 g/mol. The predicted molar refractivity (Wildman–Crippen MR) is 72.2 cm³/mol. The molecule has 0 fully saturated rings. The molecule has 0 bridgehead atoms. The molecule has 0 spiro atoms. The topological polar surface area (TPSA) is 43.8 Å². The number of hydrogen-bond acceptors (Lipinski definition) is 2. The van der Waals surface area contributed by atoms with Crippen LogP contribution in [0.25, 0.3) is 0 Å². The minimum atomic E-state index is 0.194. The van der Waals surface area contributed by atoms with E-state index in [1.54, 1.807) is 0 Å². The second-order valence-corrected chi connectivity index (χ2v) is 5.00. The largest absolute Gasteiger partial charge is 0.324 e. The number of aromatic nitrogens is 2. The predicted octanol–water partition coefficient (Wildman–Crippen LogP) is 2.46. The Balaban J connectivity index is 1.74. The van der Waals surface area contributed by atoms with Crippen LogP contribution in [-0.4, -0.2) is 9.78 Å². The fourth-order valence-corrected chi connectivity index (χ4v) is 2.73. The summed E-state index contributed by atoms with van der Waals surface area (Å²) in [6.07, 6.45) is 6.40. The van der Waals surface area contributed by atoms with E-state index in [0.717, 1.165) is 25.8 Å². The maximum Gasteiger partial charge on any atom is 0.0540 e. The first-order valence-corrected chi connectivity index (χ1v) is 6.68. The van der Waals surface area contributed by atoms with Gasteiger partial charge >= 0.3 is 0 Å². The zero-order chi connectivity index (χ0) is 12.4. The van der Waals surface area contributed by atoms with Crippen molar-refractivity contribution in [3.05, 3.63) is 53.3 Å². The van der Waals surface area contributed by atoms with Crippen LogP contribution in [-0.2, 0) is 19.4 Å². The minimum Gasteiger partial charge on any atom is -0.324 e. The molecule has 1 unspecified atom stereocenters. The Labute approximate surface area is 108 Å². The molecule has 3 rings (SSSR count). The molecule has 0 radical (unpaired) electrons. The van der Waals surface area contributed by atoms with Crippen molar-refractivity contribution in [3.63, 3.8) is 0 Å². The quantitative estimate of drug-likeness (QED) is 0.897. The normalized spacial score (nSPS) is 18.6. The molecule has 0 aliphatic heterocycles. The number of benzene rings is 1. The van der Waals surface area contributed by atoms with E-state index in [2.05, 4.69) is 40.1 Å². The van der Waals surface area contributed by atoms with Gasteiger partial charge in [-0.05, 0) is 31.2 Å². The number of aryl methyl sites for hydroxylation is 2. The van der Waals surface area contributed by atoms with Crippen LogP contribution < -0.4 is 5.73 Å². The molecule has 0 saturated heterocycles. The summed E-state index contributed by atoms with van der Waals surface area (Å²) in [5, 5.41) is 4.50. The first-order chi connectivity index (χ1) is 8.84. The van der Waals surface area contributed by atoms with Gasteiger partial charge in [-0.25, -0.2) is 0 Å². The van der Waals surface area contributed by atoms with Gasteiger partial charge in [0.05, 0.1) is 6.20 Å². The standard InChI is InChI=1S/C15H19N3/c16-14-7-4-8-15-13(14)11-17-18(15)10-9-12-5-2-1-3-6-12/h1-3,5-6,11,14H,4,7-10,16H2. The van der Waals surface area contributed by atoms with Gasteiger partial charge < -0.3 is 5.73 Å². The van der Waals surface area contributed by atoms with E-state index in [0.29, 0.717) is 0 Å². The Kier molecular flexibility index (Phi) is 3.15. The lowest BCUT2D eigenvalue weighted by Gasteiger charge is -2.19. The molecule has 0 amide bonds. The van der Waals surface area contributed by atoms with Gasteiger partial charge in [0.2, 0.25) is 0 Å². The Morgan fingerprint density at radius 2 is 2.11 bits per heavy atom. The van der Waals surface area contributed by atoms with Crippen LogP contribution in [0.1, 0.15) is 35.7 Å². The molecule has 1 aromatic carbocycles. The third kappa shape index (κ3) is 2.18. The summed E-state index contributed by atoms with van der Waals surface area (Å²) in [6, 6.07) is 10.8. The molecule has 2 aromatic rings. The van der Waals surface area contributed by atoms with Crippen molar-refractivity contribution >= 4 is 0 Å². The zero-order valence-electron chi connectivity index (χ0n) is 10.5. The molecule has 1 aromatic heterocycles. The highest BCUT2D eigenvalue weighted by Crippen LogP contribution is 2.27. The number of nitrogens with two attached hydrogens (primary N) is 1. The van der Waals surface area contributed by atoms with Crippen LogP contribution in [0.15, 0.2) is 36.5 Å². The van der Waals surface area contributed by atoms with Gasteiger partial charge in [-0.2, -0.15) is 5.10 Å². The summed E-state index contributed by atoms with van der Waals surface area (Å²) < 4.78 is 2.14. The molecule has 1 atom stereocenters. The third-order valence-corrected chi connectivity index (χ3v) is 3.76. The molecule has 3 heteroatoms. The van der Waals surface area contributed by atoms with Crippen molar-refractivity contribution in [1.82, 2.24) is 9.78 Å². The lowest BCUT2D eigenvalue weighted by Crippen LogP contribution is -2.18. The van der Waals surface area contributed by atoms with Gasteiger partial charge in [0.25, 0.3) is 0 Å². The summed E-state index contributed by atoms with van der Waals surface area (Å²) in [7, 11) is 0. The van der Waals surface area contributed by atoms with Crippen LogP contribution in [0.5, 0.6) is 0 Å². The third-order valence-electron chi connectivity index (χ3n) is 3.76. The van der Waals surface area contributed by atoms with Crippen molar-refractivity contribution in [2.75, 3.05) is 0 Å². The fraction of sp³-hybridized carbons (Fsp3) is 0.400. The van der Waals surface area contributed by atoms with E-state index < -0.39 is 0 Å². The molecule has 1 aliphatic carbocycles. The molecular weight excluding hydrogens is 222 g/mol. The molecule has 3 nitrogen and oxygen atoms in total. The Morgan fingerprint density at radius 3 is 2.94 bits per heavy atom. The van der Waals surface area contributed by atoms with Gasteiger partial charge in [-0.3, -0.25) is 4.68 Å². The molecule has 0 saturated carbocycles. The summed E-state index contributed by atoms with van der Waals surface area (Å²) in [4.78, 5) is 0. The highest BCUT2D eigenvalue weighted by molar-refractivity contribution is 5.24. The second-order valence-electron chi connectivity index (χ2n) is 5.00. The Hall–Kier alpha value is -1.61. The van der Waals surface area contributed by atoms with E-state index in [-0.39, 0.29) is 6.04 Å². The smallest absolute Gasteiger partial charge is 0.0540 e. The van der Waals surface area contributed by atoms with Crippen LogP contribution in [0.2, 0.25) is 0 Å². The van der Waals surface area contributed by atoms with Crippen molar-refractivity contribution in [3.8, 4) is 0 Å². The fourth-order valence-electron chi connectivity index (χ4n) is 2.73. The lowest BCUT2D eigenvalue weighted by atomic mass is 9.94. The van der Waals surface area contributed by atoms with E-state index >= 15 is 0 Å². The Morgan fingerprint density at radius 1 is 1.28 bits per heavy atom. The molecule has 1 aliphatic rings. The molecular formula is C15H19N3. The highest BCUT2D eigenvalue weighted by Gasteiger charge is 2.20. The minimum absolute atomic E-state index is 0.194. The summed E-state index contributed by atoms with van der Waals surface area (Å²) >= 11 is 0. The SMILES string of the molecule is NC1CCCc2c1cnn2CCc1ccccc1. The van der Waals surface area contributed by atoms with Gasteiger partial charge in [0, 0.05) is 23.8 Å². The van der Waals surface area contributed by atoms with E-state index in [1.165, 1.54) is 23.2 Å². The first kappa shape index (κ1) is 11.5. The first-order valence-electron chi connectivity index (χ1n) is 6.68. The van der Waals surface area contributed by atoms with Gasteiger partial charge in [0.15, 0.2) is 0 Å². The summed E-state index contributed by atoms with van der Waals surface area (Å²) in [5.41, 5.74) is 10.1. The number of fused-ring (bicyclic) bond motifs is 1. The van der Waals surface area contributed by atoms with Crippen molar-refractivity contribution in [2.45, 2.75) is 38.3 Å². The Bertz CT molecular complexity index is 516.